The van der Waals surface area contributed by atoms with Crippen LogP contribution in [0.4, 0.5) is 0 Å². The maximum absolute atomic E-state index is 5.46. The highest BCUT2D eigenvalue weighted by atomic mass is 16.5. The highest BCUT2D eigenvalue weighted by Crippen LogP contribution is 2.30. The molecule has 3 heteroatoms. The van der Waals surface area contributed by atoms with Crippen LogP contribution in [0.25, 0.3) is 0 Å². The lowest BCUT2D eigenvalue weighted by Gasteiger charge is -2.22. The molecular weight excluding hydrogens is 262 g/mol. The molecule has 2 rings (SSSR count). The maximum atomic E-state index is 5.46. The van der Waals surface area contributed by atoms with Crippen LogP contribution in [-0.2, 0) is 0 Å². The molecule has 0 fully saturated rings. The fraction of sp³-hybridized carbons (Fsp3) is 0.333. The van der Waals surface area contributed by atoms with E-state index >= 15 is 0 Å². The zero-order valence-corrected chi connectivity index (χ0v) is 13.1. The fourth-order valence-electron chi connectivity index (χ4n) is 2.48. The van der Waals surface area contributed by atoms with Crippen LogP contribution in [0.15, 0.2) is 48.5 Å². The monoisotopic (exact) mass is 285 g/mol. The Morgan fingerprint density at radius 2 is 1.57 bits per heavy atom. The zero-order valence-electron chi connectivity index (χ0n) is 13.1. The van der Waals surface area contributed by atoms with Gasteiger partial charge in [-0.2, -0.15) is 0 Å². The van der Waals surface area contributed by atoms with E-state index < -0.39 is 0 Å². The van der Waals surface area contributed by atoms with Crippen LogP contribution in [0.2, 0.25) is 0 Å². The number of methoxy groups -OCH3 is 2. The Labute approximate surface area is 126 Å². The first kappa shape index (κ1) is 15.4. The van der Waals surface area contributed by atoms with Gasteiger partial charge < -0.3 is 14.8 Å². The number of hydrogen-bond acceptors (Lipinski definition) is 3. The van der Waals surface area contributed by atoms with Crippen molar-refractivity contribution in [3.8, 4) is 11.5 Å². The van der Waals surface area contributed by atoms with Gasteiger partial charge in [0.2, 0.25) is 0 Å². The molecule has 0 spiro atoms. The van der Waals surface area contributed by atoms with E-state index in [9.17, 15) is 0 Å². The summed E-state index contributed by atoms with van der Waals surface area (Å²) in [4.78, 5) is 0. The Bertz CT molecular complexity index is 569. The van der Waals surface area contributed by atoms with Crippen molar-refractivity contribution >= 4 is 0 Å². The molecule has 0 radical (unpaired) electrons. The lowest BCUT2D eigenvalue weighted by molar-refractivity contribution is 0.387. The number of ether oxygens (including phenoxy) is 2. The lowest BCUT2D eigenvalue weighted by Crippen LogP contribution is -2.22. The third-order valence-corrected chi connectivity index (χ3v) is 3.70. The molecule has 2 aromatic rings. The molecule has 0 heterocycles. The predicted molar refractivity (Wildman–Crippen MR) is 86.0 cm³/mol. The van der Waals surface area contributed by atoms with Crippen molar-refractivity contribution in [3.63, 3.8) is 0 Å². The molecule has 2 atom stereocenters. The van der Waals surface area contributed by atoms with E-state index in [1.54, 1.807) is 14.2 Å². The summed E-state index contributed by atoms with van der Waals surface area (Å²) in [6.45, 7) is 4.30. The highest BCUT2D eigenvalue weighted by Gasteiger charge is 2.15. The maximum Gasteiger partial charge on any atom is 0.123 e. The van der Waals surface area contributed by atoms with Gasteiger partial charge in [0.25, 0.3) is 0 Å². The second-order valence-corrected chi connectivity index (χ2v) is 5.13. The van der Waals surface area contributed by atoms with Crippen molar-refractivity contribution < 1.29 is 9.47 Å². The number of rotatable bonds is 6. The molecule has 0 saturated heterocycles. The van der Waals surface area contributed by atoms with Gasteiger partial charge in [-0.15, -0.1) is 0 Å². The Balaban J connectivity index is 2.18. The van der Waals surface area contributed by atoms with Crippen LogP contribution in [0.3, 0.4) is 0 Å². The normalized spacial score (nSPS) is 13.5. The molecule has 3 nitrogen and oxygen atoms in total. The molecule has 0 aliphatic heterocycles. The minimum atomic E-state index is 0.158. The van der Waals surface area contributed by atoms with Gasteiger partial charge in [0.15, 0.2) is 0 Å². The van der Waals surface area contributed by atoms with Crippen molar-refractivity contribution in [1.29, 1.82) is 0 Å². The van der Waals surface area contributed by atoms with E-state index in [0.717, 1.165) is 17.1 Å². The first-order valence-electron chi connectivity index (χ1n) is 7.18. The SMILES string of the molecule is COc1ccc(OC)c([C@@H](C)N[C@@H](C)c2ccccc2)c1. The number of hydrogen-bond donors (Lipinski definition) is 1. The molecular formula is C18H23NO2. The third kappa shape index (κ3) is 3.76. The van der Waals surface area contributed by atoms with Gasteiger partial charge in [0.05, 0.1) is 14.2 Å². The van der Waals surface area contributed by atoms with Crippen LogP contribution in [-0.4, -0.2) is 14.2 Å². The average Bonchev–Trinajstić information content (AvgIpc) is 2.54. The largest absolute Gasteiger partial charge is 0.497 e. The zero-order chi connectivity index (χ0) is 15.2. The van der Waals surface area contributed by atoms with Crippen LogP contribution < -0.4 is 14.8 Å². The van der Waals surface area contributed by atoms with Gasteiger partial charge in [-0.25, -0.2) is 0 Å². The molecule has 1 N–H and O–H groups in total. The second kappa shape index (κ2) is 7.14. The molecule has 0 bridgehead atoms. The van der Waals surface area contributed by atoms with Crippen LogP contribution in [0.5, 0.6) is 11.5 Å². The third-order valence-electron chi connectivity index (χ3n) is 3.70. The first-order valence-corrected chi connectivity index (χ1v) is 7.18. The van der Waals surface area contributed by atoms with Crippen molar-refractivity contribution in [2.75, 3.05) is 14.2 Å². The van der Waals surface area contributed by atoms with Crippen molar-refractivity contribution in [2.24, 2.45) is 0 Å². The van der Waals surface area contributed by atoms with Crippen LogP contribution >= 0.6 is 0 Å². The summed E-state index contributed by atoms with van der Waals surface area (Å²) in [6.07, 6.45) is 0. The number of nitrogens with one attached hydrogen (secondary N) is 1. The van der Waals surface area contributed by atoms with Crippen molar-refractivity contribution in [1.82, 2.24) is 5.32 Å². The fourth-order valence-corrected chi connectivity index (χ4v) is 2.48. The minimum absolute atomic E-state index is 0.158. The topological polar surface area (TPSA) is 30.5 Å². The van der Waals surface area contributed by atoms with Gasteiger partial charge in [-0.05, 0) is 37.6 Å². The molecule has 2 aromatic carbocycles. The Morgan fingerprint density at radius 1 is 0.857 bits per heavy atom. The quantitative estimate of drug-likeness (QED) is 0.866. The van der Waals surface area contributed by atoms with Gasteiger partial charge in [0, 0.05) is 17.6 Å². The Kier molecular flexibility index (Phi) is 5.23. The summed E-state index contributed by atoms with van der Waals surface area (Å²) in [5.41, 5.74) is 2.37. The van der Waals surface area contributed by atoms with E-state index in [0.29, 0.717) is 0 Å². The van der Waals surface area contributed by atoms with E-state index in [4.69, 9.17) is 9.47 Å². The summed E-state index contributed by atoms with van der Waals surface area (Å²) >= 11 is 0. The summed E-state index contributed by atoms with van der Waals surface area (Å²) in [5, 5.41) is 3.60. The van der Waals surface area contributed by atoms with Crippen LogP contribution in [0.1, 0.15) is 37.1 Å². The molecule has 112 valence electrons. The van der Waals surface area contributed by atoms with Gasteiger partial charge in [-0.1, -0.05) is 30.3 Å². The number of benzene rings is 2. The van der Waals surface area contributed by atoms with E-state index in [1.807, 2.05) is 24.3 Å². The molecule has 0 saturated carbocycles. The molecule has 0 aliphatic rings. The summed E-state index contributed by atoms with van der Waals surface area (Å²) < 4.78 is 10.8. The lowest BCUT2D eigenvalue weighted by atomic mass is 10.0. The molecule has 21 heavy (non-hydrogen) atoms. The predicted octanol–water partition coefficient (Wildman–Crippen LogP) is 4.12. The molecule has 0 aromatic heterocycles. The van der Waals surface area contributed by atoms with Crippen LogP contribution in [0, 0.1) is 0 Å². The Morgan fingerprint density at radius 3 is 2.19 bits per heavy atom. The van der Waals surface area contributed by atoms with Crippen molar-refractivity contribution in [2.45, 2.75) is 25.9 Å². The van der Waals surface area contributed by atoms with Gasteiger partial charge >= 0.3 is 0 Å². The smallest absolute Gasteiger partial charge is 0.123 e. The molecule has 0 unspecified atom stereocenters. The molecule has 0 amide bonds. The molecule has 0 aliphatic carbocycles. The minimum Gasteiger partial charge on any atom is -0.497 e. The average molecular weight is 285 g/mol. The van der Waals surface area contributed by atoms with Gasteiger partial charge in [0.1, 0.15) is 11.5 Å². The van der Waals surface area contributed by atoms with E-state index in [1.165, 1.54) is 5.56 Å². The highest BCUT2D eigenvalue weighted by molar-refractivity contribution is 5.42. The standard InChI is InChI=1S/C18H23NO2/c1-13(15-8-6-5-7-9-15)19-14(2)17-12-16(20-3)10-11-18(17)21-4/h5-14,19H,1-4H3/t13-,14+/m0/s1. The Hall–Kier alpha value is -2.00. The first-order chi connectivity index (χ1) is 10.2. The summed E-state index contributed by atoms with van der Waals surface area (Å²) in [7, 11) is 3.37. The summed E-state index contributed by atoms with van der Waals surface area (Å²) in [5.74, 6) is 1.71. The van der Waals surface area contributed by atoms with Gasteiger partial charge in [-0.3, -0.25) is 0 Å². The van der Waals surface area contributed by atoms with Crippen molar-refractivity contribution in [3.05, 3.63) is 59.7 Å². The van der Waals surface area contributed by atoms with E-state index in [-0.39, 0.29) is 12.1 Å². The van der Waals surface area contributed by atoms with E-state index in [2.05, 4.69) is 43.4 Å². The second-order valence-electron chi connectivity index (χ2n) is 5.13. The summed E-state index contributed by atoms with van der Waals surface area (Å²) in [6, 6.07) is 16.7.